The molecule has 0 aromatic heterocycles. The van der Waals surface area contributed by atoms with Crippen molar-refractivity contribution in [3.63, 3.8) is 0 Å². The Morgan fingerprint density at radius 1 is 0.571 bits per heavy atom. The number of unbranched alkanes of at least 4 members (excludes halogenated alkanes) is 5. The average molecular weight is 301 g/mol. The molecule has 0 unspecified atom stereocenters. The summed E-state index contributed by atoms with van der Waals surface area (Å²) in [4.78, 5) is 0. The maximum Gasteiger partial charge on any atom is 0.0408 e. The smallest absolute Gasteiger partial charge is 0.0408 e. The zero-order valence-corrected chi connectivity index (χ0v) is 13.5. The SMILES string of the molecule is Clc1cccc(CCCCCCCCc2ccccc2)c1. The first-order valence-corrected chi connectivity index (χ1v) is 8.51. The highest BCUT2D eigenvalue weighted by molar-refractivity contribution is 6.30. The molecule has 2 aromatic rings. The fraction of sp³-hybridized carbons (Fsp3) is 0.400. The van der Waals surface area contributed by atoms with Crippen molar-refractivity contribution >= 4 is 11.6 Å². The van der Waals surface area contributed by atoms with E-state index < -0.39 is 0 Å². The predicted molar refractivity (Wildman–Crippen MR) is 93.0 cm³/mol. The maximum absolute atomic E-state index is 5.99. The molecular weight excluding hydrogens is 276 g/mol. The van der Waals surface area contributed by atoms with Gasteiger partial charge >= 0.3 is 0 Å². The van der Waals surface area contributed by atoms with Crippen LogP contribution in [0.4, 0.5) is 0 Å². The molecule has 0 atom stereocenters. The van der Waals surface area contributed by atoms with Crippen LogP contribution in [0.1, 0.15) is 49.7 Å². The maximum atomic E-state index is 5.99. The first kappa shape index (κ1) is 16.1. The zero-order chi connectivity index (χ0) is 14.8. The van der Waals surface area contributed by atoms with Gasteiger partial charge in [-0.1, -0.05) is 79.7 Å². The monoisotopic (exact) mass is 300 g/mol. The Kier molecular flexibility index (Phi) is 7.38. The van der Waals surface area contributed by atoms with Gasteiger partial charge in [0.05, 0.1) is 0 Å². The topological polar surface area (TPSA) is 0 Å². The summed E-state index contributed by atoms with van der Waals surface area (Å²) in [6, 6.07) is 19.0. The summed E-state index contributed by atoms with van der Waals surface area (Å²) in [5.41, 5.74) is 2.84. The highest BCUT2D eigenvalue weighted by Crippen LogP contribution is 2.15. The fourth-order valence-electron chi connectivity index (χ4n) is 2.70. The van der Waals surface area contributed by atoms with E-state index in [1.807, 2.05) is 12.1 Å². The van der Waals surface area contributed by atoms with Crippen molar-refractivity contribution in [2.75, 3.05) is 0 Å². The van der Waals surface area contributed by atoms with Gasteiger partial charge in [0, 0.05) is 5.02 Å². The standard InChI is InChI=1S/C20H25Cl/c21-20-16-10-15-19(17-20)14-7-4-2-1-3-6-11-18-12-8-5-9-13-18/h5,8-10,12-13,15-17H,1-4,6-7,11,14H2. The number of halogens is 1. The van der Waals surface area contributed by atoms with Crippen molar-refractivity contribution in [2.45, 2.75) is 51.4 Å². The highest BCUT2D eigenvalue weighted by atomic mass is 35.5. The Labute approximate surface area is 134 Å². The third-order valence-corrected chi connectivity index (χ3v) is 4.15. The Morgan fingerprint density at radius 2 is 1.14 bits per heavy atom. The van der Waals surface area contributed by atoms with E-state index in [-0.39, 0.29) is 0 Å². The molecule has 2 rings (SSSR count). The minimum atomic E-state index is 0.855. The summed E-state index contributed by atoms with van der Waals surface area (Å²) in [5.74, 6) is 0. The minimum absolute atomic E-state index is 0.855. The lowest BCUT2D eigenvalue weighted by Gasteiger charge is -2.04. The first-order valence-electron chi connectivity index (χ1n) is 8.13. The fourth-order valence-corrected chi connectivity index (χ4v) is 2.92. The summed E-state index contributed by atoms with van der Waals surface area (Å²) in [6.45, 7) is 0. The Bertz CT molecular complexity index is 504. The number of benzene rings is 2. The third-order valence-electron chi connectivity index (χ3n) is 3.91. The number of hydrogen-bond donors (Lipinski definition) is 0. The predicted octanol–water partition coefficient (Wildman–Crippen LogP) is 6.47. The molecule has 2 aromatic carbocycles. The molecule has 0 amide bonds. The zero-order valence-electron chi connectivity index (χ0n) is 12.7. The molecule has 0 fully saturated rings. The number of rotatable bonds is 9. The lowest BCUT2D eigenvalue weighted by atomic mass is 10.0. The molecule has 0 aliphatic heterocycles. The summed E-state index contributed by atoms with van der Waals surface area (Å²) in [5, 5.41) is 0.855. The van der Waals surface area contributed by atoms with Crippen LogP contribution in [0.2, 0.25) is 5.02 Å². The molecule has 0 bridgehead atoms. The van der Waals surface area contributed by atoms with Gasteiger partial charge < -0.3 is 0 Å². The van der Waals surface area contributed by atoms with Crippen LogP contribution in [0.3, 0.4) is 0 Å². The van der Waals surface area contributed by atoms with E-state index >= 15 is 0 Å². The molecule has 0 saturated heterocycles. The lowest BCUT2D eigenvalue weighted by molar-refractivity contribution is 0.594. The highest BCUT2D eigenvalue weighted by Gasteiger charge is 1.96. The summed E-state index contributed by atoms with van der Waals surface area (Å²) in [7, 11) is 0. The lowest BCUT2D eigenvalue weighted by Crippen LogP contribution is -1.88. The van der Waals surface area contributed by atoms with Crippen LogP contribution in [-0.2, 0) is 12.8 Å². The molecule has 0 nitrogen and oxygen atoms in total. The Hall–Kier alpha value is -1.27. The van der Waals surface area contributed by atoms with Crippen molar-refractivity contribution in [1.82, 2.24) is 0 Å². The van der Waals surface area contributed by atoms with Crippen molar-refractivity contribution in [3.8, 4) is 0 Å². The van der Waals surface area contributed by atoms with Gasteiger partial charge in [0.15, 0.2) is 0 Å². The van der Waals surface area contributed by atoms with Crippen LogP contribution in [0, 0.1) is 0 Å². The van der Waals surface area contributed by atoms with E-state index in [4.69, 9.17) is 11.6 Å². The van der Waals surface area contributed by atoms with Gasteiger partial charge in [-0.05, 0) is 48.9 Å². The van der Waals surface area contributed by atoms with Crippen molar-refractivity contribution in [2.24, 2.45) is 0 Å². The normalized spacial score (nSPS) is 10.7. The van der Waals surface area contributed by atoms with E-state index in [2.05, 4.69) is 42.5 Å². The van der Waals surface area contributed by atoms with Crippen molar-refractivity contribution in [1.29, 1.82) is 0 Å². The van der Waals surface area contributed by atoms with Gasteiger partial charge in [-0.3, -0.25) is 0 Å². The van der Waals surface area contributed by atoms with Crippen LogP contribution >= 0.6 is 11.6 Å². The van der Waals surface area contributed by atoms with Gasteiger partial charge in [-0.25, -0.2) is 0 Å². The molecule has 0 radical (unpaired) electrons. The van der Waals surface area contributed by atoms with Crippen molar-refractivity contribution in [3.05, 3.63) is 70.7 Å². The second kappa shape index (κ2) is 9.63. The van der Waals surface area contributed by atoms with E-state index in [1.165, 1.54) is 56.1 Å². The van der Waals surface area contributed by atoms with E-state index in [1.54, 1.807) is 0 Å². The second-order valence-corrected chi connectivity index (χ2v) is 6.17. The minimum Gasteiger partial charge on any atom is -0.0843 e. The van der Waals surface area contributed by atoms with Gasteiger partial charge in [-0.15, -0.1) is 0 Å². The molecule has 112 valence electrons. The van der Waals surface area contributed by atoms with Crippen LogP contribution in [0.5, 0.6) is 0 Å². The first-order chi connectivity index (χ1) is 10.3. The molecule has 0 aliphatic carbocycles. The largest absolute Gasteiger partial charge is 0.0843 e. The molecule has 1 heteroatoms. The van der Waals surface area contributed by atoms with Crippen LogP contribution < -0.4 is 0 Å². The second-order valence-electron chi connectivity index (χ2n) is 5.74. The molecule has 0 N–H and O–H groups in total. The molecule has 0 saturated carbocycles. The van der Waals surface area contributed by atoms with E-state index in [9.17, 15) is 0 Å². The van der Waals surface area contributed by atoms with Crippen LogP contribution in [0.25, 0.3) is 0 Å². The summed E-state index contributed by atoms with van der Waals surface area (Å²) < 4.78 is 0. The van der Waals surface area contributed by atoms with Gasteiger partial charge in [-0.2, -0.15) is 0 Å². The molecule has 21 heavy (non-hydrogen) atoms. The van der Waals surface area contributed by atoms with Gasteiger partial charge in [0.2, 0.25) is 0 Å². The van der Waals surface area contributed by atoms with Crippen LogP contribution in [0.15, 0.2) is 54.6 Å². The number of hydrogen-bond acceptors (Lipinski definition) is 0. The average Bonchev–Trinajstić information content (AvgIpc) is 2.51. The van der Waals surface area contributed by atoms with E-state index in [0.717, 1.165) is 11.4 Å². The molecule has 0 heterocycles. The van der Waals surface area contributed by atoms with Crippen molar-refractivity contribution < 1.29 is 0 Å². The number of aryl methyl sites for hydroxylation is 2. The Balaban J connectivity index is 1.47. The van der Waals surface area contributed by atoms with E-state index in [0.29, 0.717) is 0 Å². The molecule has 0 spiro atoms. The summed E-state index contributed by atoms with van der Waals surface area (Å²) in [6.07, 6.45) is 10.4. The third kappa shape index (κ3) is 6.82. The van der Waals surface area contributed by atoms with Gasteiger partial charge in [0.25, 0.3) is 0 Å². The Morgan fingerprint density at radius 3 is 1.81 bits per heavy atom. The van der Waals surface area contributed by atoms with Crippen LogP contribution in [-0.4, -0.2) is 0 Å². The quantitative estimate of drug-likeness (QED) is 0.466. The molecular formula is C20H25Cl. The molecule has 0 aliphatic rings. The van der Waals surface area contributed by atoms with Gasteiger partial charge in [0.1, 0.15) is 0 Å². The summed E-state index contributed by atoms with van der Waals surface area (Å²) >= 11 is 5.99.